The molecule has 1 aromatic heterocycles. The van der Waals surface area contributed by atoms with E-state index >= 15 is 0 Å². The molecule has 0 saturated heterocycles. The van der Waals surface area contributed by atoms with Crippen LogP contribution in [0.4, 0.5) is 0 Å². The predicted octanol–water partition coefficient (Wildman–Crippen LogP) is 1.65. The van der Waals surface area contributed by atoms with Crippen LogP contribution in [0.2, 0.25) is 0 Å². The van der Waals surface area contributed by atoms with Crippen molar-refractivity contribution in [2.75, 3.05) is 0 Å². The molecule has 2 rings (SSSR count). The molecule has 0 fully saturated rings. The second-order valence-corrected chi connectivity index (χ2v) is 7.51. The molecule has 0 spiro atoms. The average molecular weight is 428 g/mol. The van der Waals surface area contributed by atoms with Gasteiger partial charge in [0.15, 0.2) is 5.78 Å². The first-order chi connectivity index (χ1) is 14.7. The van der Waals surface area contributed by atoms with E-state index in [0.717, 1.165) is 16.5 Å². The van der Waals surface area contributed by atoms with E-state index in [9.17, 15) is 19.2 Å². The summed E-state index contributed by atoms with van der Waals surface area (Å²) in [6, 6.07) is 5.59. The number of ether oxygens (including phenoxy) is 1. The van der Waals surface area contributed by atoms with Gasteiger partial charge in [0.2, 0.25) is 11.8 Å². The lowest BCUT2D eigenvalue weighted by molar-refractivity contribution is -0.151. The number of esters is 1. The molecule has 2 amide bonds. The fraction of sp³-hybridized carbons (Fsp3) is 0.409. The van der Waals surface area contributed by atoms with E-state index in [1.807, 2.05) is 24.3 Å². The van der Waals surface area contributed by atoms with Gasteiger partial charge in [0.1, 0.15) is 12.1 Å². The summed E-state index contributed by atoms with van der Waals surface area (Å²) in [6.07, 6.45) is 2.16. The van der Waals surface area contributed by atoms with E-state index in [1.165, 1.54) is 6.92 Å². The normalized spacial score (nSPS) is 12.8. The second kappa shape index (κ2) is 11.1. The third kappa shape index (κ3) is 7.06. The van der Waals surface area contributed by atoms with Gasteiger partial charge in [-0.05, 0) is 31.9 Å². The molecule has 0 aliphatic heterocycles. The number of rotatable bonds is 11. The maximum atomic E-state index is 13.0. The molecule has 166 valence electrons. The Morgan fingerprint density at radius 3 is 2.48 bits per heavy atom. The fourth-order valence-electron chi connectivity index (χ4n) is 3.17. The summed E-state index contributed by atoms with van der Waals surface area (Å²) in [7, 11) is 0. The van der Waals surface area contributed by atoms with Crippen LogP contribution in [0.25, 0.3) is 10.9 Å². The van der Waals surface area contributed by atoms with Crippen molar-refractivity contribution in [3.8, 4) is 0 Å². The van der Waals surface area contributed by atoms with Gasteiger partial charge in [-0.2, -0.15) is 0 Å². The summed E-state index contributed by atoms with van der Waals surface area (Å²) in [5.74, 6) is -2.09. The Morgan fingerprint density at radius 1 is 1.13 bits per heavy atom. The van der Waals surface area contributed by atoms with Crippen LogP contribution >= 0.6 is 0 Å². The van der Waals surface area contributed by atoms with Crippen LogP contribution in [-0.4, -0.2) is 53.0 Å². The van der Waals surface area contributed by atoms with Crippen molar-refractivity contribution in [3.05, 3.63) is 36.0 Å². The number of H-pyrrole nitrogens is 1. The molecule has 4 N–H and O–H groups in total. The largest absolute Gasteiger partial charge is 0.461 e. The molecule has 0 bridgehead atoms. The summed E-state index contributed by atoms with van der Waals surface area (Å²) >= 11 is 0. The Hall–Kier alpha value is -3.49. The number of ketones is 1. The van der Waals surface area contributed by atoms with Gasteiger partial charge in [-0.3, -0.25) is 14.4 Å². The Balaban J connectivity index is 2.19. The SMILES string of the molecule is CC(=O)N[C@@H](Cc1c[nH]c2ccccc12)C(=O)NC(CCC(=O)C=N)C(=O)OC(C)C. The van der Waals surface area contributed by atoms with Crippen molar-refractivity contribution >= 4 is 40.7 Å². The molecule has 0 aliphatic rings. The molecule has 2 atom stereocenters. The van der Waals surface area contributed by atoms with E-state index < -0.39 is 35.8 Å². The van der Waals surface area contributed by atoms with Crippen LogP contribution in [0.1, 0.15) is 39.2 Å². The topological polar surface area (TPSA) is 141 Å². The summed E-state index contributed by atoms with van der Waals surface area (Å²) in [4.78, 5) is 51.7. The highest BCUT2D eigenvalue weighted by atomic mass is 16.5. The Bertz CT molecular complexity index is 966. The molecule has 31 heavy (non-hydrogen) atoms. The number of carbonyl (C=O) groups excluding carboxylic acids is 4. The number of aromatic nitrogens is 1. The van der Waals surface area contributed by atoms with Gasteiger partial charge >= 0.3 is 5.97 Å². The number of hydrogen-bond acceptors (Lipinski definition) is 6. The molecule has 1 heterocycles. The third-order valence-electron chi connectivity index (χ3n) is 4.59. The lowest BCUT2D eigenvalue weighted by Gasteiger charge is -2.23. The van der Waals surface area contributed by atoms with Crippen molar-refractivity contribution < 1.29 is 23.9 Å². The fourth-order valence-corrected chi connectivity index (χ4v) is 3.17. The number of hydrogen-bond donors (Lipinski definition) is 4. The number of amides is 2. The zero-order chi connectivity index (χ0) is 23.0. The van der Waals surface area contributed by atoms with Crippen molar-refractivity contribution in [1.29, 1.82) is 5.41 Å². The van der Waals surface area contributed by atoms with Crippen LogP contribution in [0.3, 0.4) is 0 Å². The zero-order valence-corrected chi connectivity index (χ0v) is 17.9. The highest BCUT2D eigenvalue weighted by molar-refractivity contribution is 6.26. The number of para-hydroxylation sites is 1. The van der Waals surface area contributed by atoms with Crippen LogP contribution < -0.4 is 10.6 Å². The maximum absolute atomic E-state index is 13.0. The molecule has 0 aliphatic carbocycles. The number of Topliss-reactive ketones (excluding diaryl/α,β-unsaturated/α-hetero) is 1. The lowest BCUT2D eigenvalue weighted by atomic mass is 10.0. The van der Waals surface area contributed by atoms with E-state index in [0.29, 0.717) is 6.21 Å². The summed E-state index contributed by atoms with van der Waals surface area (Å²) in [5, 5.41) is 13.2. The minimum absolute atomic E-state index is 0.00855. The smallest absolute Gasteiger partial charge is 0.328 e. The van der Waals surface area contributed by atoms with Crippen molar-refractivity contribution in [2.45, 2.75) is 58.2 Å². The molecule has 1 aromatic carbocycles. The van der Waals surface area contributed by atoms with E-state index in [4.69, 9.17) is 10.1 Å². The molecule has 1 unspecified atom stereocenters. The van der Waals surface area contributed by atoms with Crippen LogP contribution in [0, 0.1) is 5.41 Å². The molecule has 0 radical (unpaired) electrons. The maximum Gasteiger partial charge on any atom is 0.328 e. The number of nitrogens with one attached hydrogen (secondary N) is 4. The minimum atomic E-state index is -1.07. The van der Waals surface area contributed by atoms with E-state index in [-0.39, 0.29) is 25.2 Å². The van der Waals surface area contributed by atoms with Gasteiger partial charge in [-0.25, -0.2) is 4.79 Å². The Kier molecular flexibility index (Phi) is 8.48. The first-order valence-electron chi connectivity index (χ1n) is 10.1. The van der Waals surface area contributed by atoms with Gasteiger partial charge in [0, 0.05) is 36.9 Å². The minimum Gasteiger partial charge on any atom is -0.461 e. The number of benzene rings is 1. The molecule has 9 heteroatoms. The van der Waals surface area contributed by atoms with Crippen molar-refractivity contribution in [3.63, 3.8) is 0 Å². The second-order valence-electron chi connectivity index (χ2n) is 7.51. The summed E-state index contributed by atoms with van der Waals surface area (Å²) in [5.41, 5.74) is 1.74. The first kappa shape index (κ1) is 23.8. The van der Waals surface area contributed by atoms with Crippen LogP contribution in [0.15, 0.2) is 30.5 Å². The van der Waals surface area contributed by atoms with Crippen LogP contribution in [0.5, 0.6) is 0 Å². The van der Waals surface area contributed by atoms with Gasteiger partial charge in [0.05, 0.1) is 12.3 Å². The van der Waals surface area contributed by atoms with Gasteiger partial charge in [0.25, 0.3) is 0 Å². The molecular formula is C22H28N4O5. The molecule has 0 saturated carbocycles. The van der Waals surface area contributed by atoms with Crippen molar-refractivity contribution in [1.82, 2.24) is 15.6 Å². The molecule has 2 aromatic rings. The number of aromatic amines is 1. The van der Waals surface area contributed by atoms with Gasteiger partial charge < -0.3 is 25.8 Å². The van der Waals surface area contributed by atoms with Crippen molar-refractivity contribution in [2.24, 2.45) is 0 Å². The van der Waals surface area contributed by atoms with Crippen LogP contribution in [-0.2, 0) is 30.3 Å². The van der Waals surface area contributed by atoms with Gasteiger partial charge in [-0.15, -0.1) is 0 Å². The highest BCUT2D eigenvalue weighted by Gasteiger charge is 2.28. The monoisotopic (exact) mass is 428 g/mol. The third-order valence-corrected chi connectivity index (χ3v) is 4.59. The summed E-state index contributed by atoms with van der Waals surface area (Å²) in [6.45, 7) is 4.66. The van der Waals surface area contributed by atoms with E-state index in [1.54, 1.807) is 20.0 Å². The summed E-state index contributed by atoms with van der Waals surface area (Å²) < 4.78 is 5.19. The average Bonchev–Trinajstić information content (AvgIpc) is 3.12. The standard InChI is InChI=1S/C22H28N4O5/c1-13(2)31-22(30)19(9-8-16(28)11-23)26-21(29)20(25-14(3)27)10-15-12-24-18-7-5-4-6-17(15)18/h4-7,11-13,19-20,23-24H,8-10H2,1-3H3,(H,25,27)(H,26,29)/t19?,20-/m0/s1. The predicted molar refractivity (Wildman–Crippen MR) is 116 cm³/mol. The molecule has 9 nitrogen and oxygen atoms in total. The van der Waals surface area contributed by atoms with E-state index in [2.05, 4.69) is 15.6 Å². The van der Waals surface area contributed by atoms with Gasteiger partial charge in [-0.1, -0.05) is 18.2 Å². The number of fused-ring (bicyclic) bond motifs is 1. The quantitative estimate of drug-likeness (QED) is 0.318. The molecular weight excluding hydrogens is 400 g/mol. The lowest BCUT2D eigenvalue weighted by Crippen LogP contribution is -2.52. The first-order valence-corrected chi connectivity index (χ1v) is 10.1. The Morgan fingerprint density at radius 2 is 1.84 bits per heavy atom. The zero-order valence-electron chi connectivity index (χ0n) is 17.9. The number of carbonyl (C=O) groups is 4. The Labute approximate surface area is 180 Å². The highest BCUT2D eigenvalue weighted by Crippen LogP contribution is 2.19.